The van der Waals surface area contributed by atoms with Gasteiger partial charge in [-0.1, -0.05) is 12.1 Å². The maximum Gasteiger partial charge on any atom is 0.269 e. The number of pyridine rings is 1. The van der Waals surface area contributed by atoms with E-state index in [1.165, 1.54) is 12.1 Å². The van der Waals surface area contributed by atoms with Crippen LogP contribution in [0.2, 0.25) is 0 Å². The number of hydrogen-bond acceptors (Lipinski definition) is 3. The van der Waals surface area contributed by atoms with E-state index in [1.54, 1.807) is 19.2 Å². The molecule has 0 spiro atoms. The van der Waals surface area contributed by atoms with Crippen LogP contribution in [0.1, 0.15) is 0 Å². The predicted molar refractivity (Wildman–Crippen MR) is 83.8 cm³/mol. The number of nitro groups is 1. The molecule has 3 rings (SSSR count). The van der Waals surface area contributed by atoms with E-state index in [9.17, 15) is 10.1 Å². The first-order valence-electron chi connectivity index (χ1n) is 6.81. The Kier molecular flexibility index (Phi) is 3.47. The third-order valence-electron chi connectivity index (χ3n) is 3.69. The fourth-order valence-electron chi connectivity index (χ4n) is 2.56. The van der Waals surface area contributed by atoms with Gasteiger partial charge in [0.2, 0.25) is 5.69 Å². The van der Waals surface area contributed by atoms with Crippen molar-refractivity contribution in [3.63, 3.8) is 0 Å². The Labute approximate surface area is 127 Å². The molecule has 1 aromatic heterocycles. The normalized spacial score (nSPS) is 10.6. The highest BCUT2D eigenvalue weighted by atomic mass is 16.6. The third-order valence-corrected chi connectivity index (χ3v) is 3.69. The molecule has 0 fully saturated rings. The lowest BCUT2D eigenvalue weighted by molar-refractivity contribution is -0.659. The second kappa shape index (κ2) is 5.44. The molecule has 5 nitrogen and oxygen atoms in total. The number of rotatable bonds is 3. The zero-order valence-corrected chi connectivity index (χ0v) is 12.3. The fraction of sp³-hybridized carbons (Fsp3) is 0.118. The highest BCUT2D eigenvalue weighted by Gasteiger charge is 2.15. The molecule has 0 bridgehead atoms. The molecule has 0 saturated heterocycles. The SMILES string of the molecule is COc1cccc2cc(-c3ccc([N+](=O)[O-])cc3)[n+](C)cc12. The summed E-state index contributed by atoms with van der Waals surface area (Å²) in [6, 6.07) is 14.5. The summed E-state index contributed by atoms with van der Waals surface area (Å²) in [5.74, 6) is 0.823. The Morgan fingerprint density at radius 1 is 1.14 bits per heavy atom. The summed E-state index contributed by atoms with van der Waals surface area (Å²) >= 11 is 0. The van der Waals surface area contributed by atoms with Crippen molar-refractivity contribution < 1.29 is 14.2 Å². The van der Waals surface area contributed by atoms with Gasteiger partial charge < -0.3 is 4.74 Å². The Morgan fingerprint density at radius 2 is 1.86 bits per heavy atom. The summed E-state index contributed by atoms with van der Waals surface area (Å²) in [6.07, 6.45) is 2.00. The van der Waals surface area contributed by atoms with Gasteiger partial charge in [-0.15, -0.1) is 0 Å². The minimum absolute atomic E-state index is 0.0915. The van der Waals surface area contributed by atoms with Crippen LogP contribution in [0.4, 0.5) is 5.69 Å². The lowest BCUT2D eigenvalue weighted by Gasteiger charge is -2.06. The van der Waals surface area contributed by atoms with E-state index in [1.807, 2.05) is 36.0 Å². The minimum Gasteiger partial charge on any atom is -0.496 e. The van der Waals surface area contributed by atoms with Crippen LogP contribution < -0.4 is 9.30 Å². The van der Waals surface area contributed by atoms with E-state index in [2.05, 4.69) is 6.07 Å². The number of nitro benzene ring substituents is 1. The second-order valence-corrected chi connectivity index (χ2v) is 5.04. The van der Waals surface area contributed by atoms with Crippen LogP contribution in [0.5, 0.6) is 5.75 Å². The molecule has 0 amide bonds. The summed E-state index contributed by atoms with van der Waals surface area (Å²) < 4.78 is 7.37. The lowest BCUT2D eigenvalue weighted by Crippen LogP contribution is -2.30. The van der Waals surface area contributed by atoms with Gasteiger partial charge in [0.05, 0.1) is 17.4 Å². The van der Waals surface area contributed by atoms with E-state index in [0.717, 1.165) is 27.8 Å². The molecule has 3 aromatic rings. The summed E-state index contributed by atoms with van der Waals surface area (Å²) in [6.45, 7) is 0. The number of non-ortho nitro benzene ring substituents is 1. The van der Waals surface area contributed by atoms with E-state index in [4.69, 9.17) is 4.74 Å². The monoisotopic (exact) mass is 295 g/mol. The Bertz CT molecular complexity index is 858. The number of ether oxygens (including phenoxy) is 1. The average Bonchev–Trinajstić information content (AvgIpc) is 2.53. The first-order chi connectivity index (χ1) is 10.6. The predicted octanol–water partition coefficient (Wildman–Crippen LogP) is 3.25. The number of aromatic nitrogens is 1. The van der Waals surface area contributed by atoms with Gasteiger partial charge in [0, 0.05) is 23.8 Å². The zero-order chi connectivity index (χ0) is 15.7. The largest absolute Gasteiger partial charge is 0.496 e. The van der Waals surface area contributed by atoms with Crippen molar-refractivity contribution >= 4 is 16.5 Å². The standard InChI is InChI=1S/C17H15N2O3/c1-18-11-15-13(4-3-5-17(15)22-2)10-16(18)12-6-8-14(9-7-12)19(20)21/h3-11H,1-2H3/q+1. The molecular formula is C17H15N2O3+. The number of hydrogen-bond donors (Lipinski definition) is 0. The number of benzene rings is 2. The van der Waals surface area contributed by atoms with E-state index in [0.29, 0.717) is 0 Å². The average molecular weight is 295 g/mol. The lowest BCUT2D eigenvalue weighted by atomic mass is 10.1. The topological polar surface area (TPSA) is 56.3 Å². The molecule has 2 aromatic carbocycles. The molecule has 0 radical (unpaired) electrons. The summed E-state index contributed by atoms with van der Waals surface area (Å²) in [5.41, 5.74) is 2.00. The van der Waals surface area contributed by atoms with Crippen molar-refractivity contribution in [1.29, 1.82) is 0 Å². The maximum atomic E-state index is 10.7. The quantitative estimate of drug-likeness (QED) is 0.423. The highest BCUT2D eigenvalue weighted by Crippen LogP contribution is 2.27. The number of methoxy groups -OCH3 is 1. The smallest absolute Gasteiger partial charge is 0.269 e. The Balaban J connectivity index is 2.15. The molecule has 1 heterocycles. The van der Waals surface area contributed by atoms with Crippen LogP contribution in [-0.4, -0.2) is 12.0 Å². The molecule has 0 aliphatic carbocycles. The summed E-state index contributed by atoms with van der Waals surface area (Å²) in [4.78, 5) is 10.4. The van der Waals surface area contributed by atoms with Gasteiger partial charge in [0.15, 0.2) is 6.20 Å². The van der Waals surface area contributed by atoms with Crippen molar-refractivity contribution in [3.8, 4) is 17.0 Å². The van der Waals surface area contributed by atoms with Crippen molar-refractivity contribution in [2.75, 3.05) is 7.11 Å². The summed E-state index contributed by atoms with van der Waals surface area (Å²) in [5, 5.41) is 12.8. The van der Waals surface area contributed by atoms with Crippen LogP contribution >= 0.6 is 0 Å². The molecular weight excluding hydrogens is 280 g/mol. The van der Waals surface area contributed by atoms with E-state index < -0.39 is 4.92 Å². The number of aryl methyl sites for hydroxylation is 1. The molecule has 110 valence electrons. The molecule has 0 atom stereocenters. The zero-order valence-electron chi connectivity index (χ0n) is 12.3. The van der Waals surface area contributed by atoms with Gasteiger partial charge in [0.1, 0.15) is 12.8 Å². The number of fused-ring (bicyclic) bond motifs is 1. The molecule has 0 aliphatic rings. The maximum absolute atomic E-state index is 10.7. The van der Waals surface area contributed by atoms with Crippen LogP contribution in [0.15, 0.2) is 54.7 Å². The van der Waals surface area contributed by atoms with E-state index >= 15 is 0 Å². The van der Waals surface area contributed by atoms with Gasteiger partial charge in [-0.2, -0.15) is 0 Å². The number of nitrogens with zero attached hydrogens (tertiary/aromatic N) is 2. The van der Waals surface area contributed by atoms with Crippen LogP contribution in [0.25, 0.3) is 22.0 Å². The molecule has 5 heteroatoms. The van der Waals surface area contributed by atoms with Crippen molar-refractivity contribution in [2.24, 2.45) is 7.05 Å². The third kappa shape index (κ3) is 2.37. The van der Waals surface area contributed by atoms with Crippen LogP contribution in [0.3, 0.4) is 0 Å². The first kappa shape index (κ1) is 14.0. The van der Waals surface area contributed by atoms with Crippen LogP contribution in [-0.2, 0) is 7.05 Å². The molecule has 0 unspecified atom stereocenters. The van der Waals surface area contributed by atoms with Gasteiger partial charge in [-0.25, -0.2) is 4.57 Å². The minimum atomic E-state index is -0.394. The van der Waals surface area contributed by atoms with Gasteiger partial charge in [-0.05, 0) is 23.6 Å². The Morgan fingerprint density at radius 3 is 2.50 bits per heavy atom. The second-order valence-electron chi connectivity index (χ2n) is 5.04. The van der Waals surface area contributed by atoms with Gasteiger partial charge in [0.25, 0.3) is 5.69 Å². The van der Waals surface area contributed by atoms with Crippen LogP contribution in [0, 0.1) is 10.1 Å². The molecule has 22 heavy (non-hydrogen) atoms. The Hall–Kier alpha value is -2.95. The molecule has 0 saturated carbocycles. The van der Waals surface area contributed by atoms with Gasteiger partial charge >= 0.3 is 0 Å². The highest BCUT2D eigenvalue weighted by molar-refractivity contribution is 5.89. The molecule has 0 aliphatic heterocycles. The van der Waals surface area contributed by atoms with Gasteiger partial charge in [-0.3, -0.25) is 10.1 Å². The van der Waals surface area contributed by atoms with Crippen molar-refractivity contribution in [3.05, 3.63) is 64.8 Å². The molecule has 0 N–H and O–H groups in total. The summed E-state index contributed by atoms with van der Waals surface area (Å²) in [7, 11) is 3.60. The fourth-order valence-corrected chi connectivity index (χ4v) is 2.56. The van der Waals surface area contributed by atoms with Crippen molar-refractivity contribution in [1.82, 2.24) is 0 Å². The van der Waals surface area contributed by atoms with Crippen molar-refractivity contribution in [2.45, 2.75) is 0 Å². The van der Waals surface area contributed by atoms with E-state index in [-0.39, 0.29) is 5.69 Å². The first-order valence-corrected chi connectivity index (χ1v) is 6.81.